The van der Waals surface area contributed by atoms with Gasteiger partial charge >= 0.3 is 0 Å². The Morgan fingerprint density at radius 1 is 1.33 bits per heavy atom. The van der Waals surface area contributed by atoms with Gasteiger partial charge in [-0.05, 0) is 26.8 Å². The number of amides is 1. The lowest BCUT2D eigenvalue weighted by atomic mass is 10.1. The number of H-pyrrole nitrogens is 1. The Balaban J connectivity index is 1.87. The fraction of sp³-hybridized carbons (Fsp3) is 0.250. The average Bonchev–Trinajstić information content (AvgIpc) is 3.02. The molecule has 108 valence electrons. The minimum atomic E-state index is -0.155. The number of fused-ring (bicyclic) bond motifs is 1. The van der Waals surface area contributed by atoms with Crippen LogP contribution in [0.1, 0.15) is 40.3 Å². The predicted octanol–water partition coefficient (Wildman–Crippen LogP) is 3.26. The normalized spacial score (nSPS) is 12.5. The molecule has 0 saturated carbocycles. The molecule has 0 spiro atoms. The lowest BCUT2D eigenvalue weighted by Crippen LogP contribution is -2.27. The Bertz CT molecular complexity index is 781. The van der Waals surface area contributed by atoms with E-state index in [0.29, 0.717) is 5.56 Å². The number of aromatic nitrogens is 2. The Morgan fingerprint density at radius 2 is 2.10 bits per heavy atom. The van der Waals surface area contributed by atoms with Crippen molar-refractivity contribution in [1.29, 1.82) is 0 Å². The van der Waals surface area contributed by atoms with Gasteiger partial charge in [0, 0.05) is 22.7 Å². The van der Waals surface area contributed by atoms with Gasteiger partial charge < -0.3 is 14.8 Å². The van der Waals surface area contributed by atoms with Crippen molar-refractivity contribution in [3.8, 4) is 0 Å². The highest BCUT2D eigenvalue weighted by Gasteiger charge is 2.20. The molecule has 0 saturated heterocycles. The lowest BCUT2D eigenvalue weighted by molar-refractivity contribution is 0.0941. The van der Waals surface area contributed by atoms with Gasteiger partial charge in [0.15, 0.2) is 0 Å². The molecule has 0 aliphatic carbocycles. The van der Waals surface area contributed by atoms with Crippen LogP contribution in [0.2, 0.25) is 0 Å². The molecule has 1 amide bonds. The molecule has 2 N–H and O–H groups in total. The minimum Gasteiger partial charge on any atom is -0.361 e. The van der Waals surface area contributed by atoms with Crippen LogP contribution >= 0.6 is 0 Å². The van der Waals surface area contributed by atoms with E-state index in [9.17, 15) is 4.79 Å². The summed E-state index contributed by atoms with van der Waals surface area (Å²) in [5.41, 5.74) is 3.33. The molecule has 3 aromatic rings. The summed E-state index contributed by atoms with van der Waals surface area (Å²) in [4.78, 5) is 15.6. The van der Waals surface area contributed by atoms with E-state index in [-0.39, 0.29) is 11.9 Å². The summed E-state index contributed by atoms with van der Waals surface area (Å²) in [5.74, 6) is 0.624. The highest BCUT2D eigenvalue weighted by Crippen LogP contribution is 2.23. The minimum absolute atomic E-state index is 0.111. The smallest absolute Gasteiger partial charge is 0.253 e. The largest absolute Gasteiger partial charge is 0.361 e. The van der Waals surface area contributed by atoms with E-state index < -0.39 is 0 Å². The van der Waals surface area contributed by atoms with Crippen molar-refractivity contribution in [2.45, 2.75) is 26.8 Å². The second-order valence-corrected chi connectivity index (χ2v) is 5.18. The van der Waals surface area contributed by atoms with E-state index in [4.69, 9.17) is 4.52 Å². The van der Waals surface area contributed by atoms with Crippen LogP contribution in [0.15, 0.2) is 35.0 Å². The molecule has 3 rings (SSSR count). The molecule has 5 nitrogen and oxygen atoms in total. The van der Waals surface area contributed by atoms with Gasteiger partial charge in [0.1, 0.15) is 5.76 Å². The summed E-state index contributed by atoms with van der Waals surface area (Å²) >= 11 is 0. The van der Waals surface area contributed by atoms with E-state index in [2.05, 4.69) is 15.5 Å². The number of aryl methyl sites for hydroxylation is 2. The van der Waals surface area contributed by atoms with Crippen LogP contribution in [0.25, 0.3) is 10.9 Å². The summed E-state index contributed by atoms with van der Waals surface area (Å²) in [5, 5.41) is 7.84. The third kappa shape index (κ3) is 2.31. The first-order chi connectivity index (χ1) is 10.1. The maximum absolute atomic E-state index is 12.5. The van der Waals surface area contributed by atoms with Crippen LogP contribution in [0.5, 0.6) is 0 Å². The molecule has 21 heavy (non-hydrogen) atoms. The molecule has 2 heterocycles. The van der Waals surface area contributed by atoms with Crippen molar-refractivity contribution in [3.63, 3.8) is 0 Å². The van der Waals surface area contributed by atoms with Crippen molar-refractivity contribution in [3.05, 3.63) is 53.0 Å². The number of carbonyl (C=O) groups excluding carboxylic acids is 1. The topological polar surface area (TPSA) is 70.9 Å². The monoisotopic (exact) mass is 283 g/mol. The second kappa shape index (κ2) is 5.09. The molecule has 0 fully saturated rings. The summed E-state index contributed by atoms with van der Waals surface area (Å²) in [6.45, 7) is 5.66. The molecule has 1 unspecified atom stereocenters. The van der Waals surface area contributed by atoms with Crippen LogP contribution in [-0.2, 0) is 0 Å². The molecular weight excluding hydrogens is 266 g/mol. The maximum atomic E-state index is 12.5. The van der Waals surface area contributed by atoms with Gasteiger partial charge in [0.25, 0.3) is 5.91 Å². The molecule has 1 aromatic carbocycles. The van der Waals surface area contributed by atoms with Crippen LogP contribution in [0.3, 0.4) is 0 Å². The van der Waals surface area contributed by atoms with Crippen molar-refractivity contribution < 1.29 is 9.32 Å². The molecule has 0 bridgehead atoms. The number of aromatic amines is 1. The number of rotatable bonds is 3. The van der Waals surface area contributed by atoms with Crippen molar-refractivity contribution in [2.75, 3.05) is 0 Å². The zero-order valence-corrected chi connectivity index (χ0v) is 12.2. The molecule has 1 atom stereocenters. The van der Waals surface area contributed by atoms with Crippen LogP contribution in [0.4, 0.5) is 0 Å². The first-order valence-electron chi connectivity index (χ1n) is 6.87. The van der Waals surface area contributed by atoms with Crippen molar-refractivity contribution >= 4 is 16.8 Å². The molecule has 2 aromatic heterocycles. The van der Waals surface area contributed by atoms with E-state index in [1.165, 1.54) is 0 Å². The SMILES string of the molecule is Cc1noc(C)c1C(C)NC(=O)c1c[nH]c2ccccc12. The van der Waals surface area contributed by atoms with Gasteiger partial charge in [0.05, 0.1) is 17.3 Å². The number of benzene rings is 1. The quantitative estimate of drug-likeness (QED) is 0.775. The van der Waals surface area contributed by atoms with Crippen molar-refractivity contribution in [1.82, 2.24) is 15.5 Å². The summed E-state index contributed by atoms with van der Waals surface area (Å²) in [6, 6.07) is 7.58. The summed E-state index contributed by atoms with van der Waals surface area (Å²) in [7, 11) is 0. The number of carbonyl (C=O) groups is 1. The maximum Gasteiger partial charge on any atom is 0.253 e. The highest BCUT2D eigenvalue weighted by molar-refractivity contribution is 6.06. The van der Waals surface area contributed by atoms with Gasteiger partial charge in [0.2, 0.25) is 0 Å². The Kier molecular flexibility index (Phi) is 3.25. The Morgan fingerprint density at radius 3 is 2.81 bits per heavy atom. The van der Waals surface area contributed by atoms with Crippen molar-refractivity contribution in [2.24, 2.45) is 0 Å². The standard InChI is InChI=1S/C16H17N3O2/c1-9(15-10(2)19-21-11(15)3)18-16(20)13-8-17-14-7-5-4-6-12(13)14/h4-9,17H,1-3H3,(H,18,20). The zero-order chi connectivity index (χ0) is 15.0. The molecular formula is C16H17N3O2. The summed E-state index contributed by atoms with van der Waals surface area (Å²) < 4.78 is 5.15. The number of hydrogen-bond acceptors (Lipinski definition) is 3. The first-order valence-corrected chi connectivity index (χ1v) is 6.87. The zero-order valence-electron chi connectivity index (χ0n) is 12.2. The van der Waals surface area contributed by atoms with E-state index in [1.807, 2.05) is 45.0 Å². The van der Waals surface area contributed by atoms with Gasteiger partial charge in [-0.25, -0.2) is 0 Å². The van der Waals surface area contributed by atoms with Gasteiger partial charge in [-0.3, -0.25) is 4.79 Å². The van der Waals surface area contributed by atoms with Crippen LogP contribution in [-0.4, -0.2) is 16.0 Å². The van der Waals surface area contributed by atoms with E-state index in [0.717, 1.165) is 27.9 Å². The second-order valence-electron chi connectivity index (χ2n) is 5.18. The molecule has 0 radical (unpaired) electrons. The van der Waals surface area contributed by atoms with Gasteiger partial charge in [-0.15, -0.1) is 0 Å². The first kappa shape index (κ1) is 13.4. The van der Waals surface area contributed by atoms with E-state index in [1.54, 1.807) is 6.20 Å². The van der Waals surface area contributed by atoms with E-state index >= 15 is 0 Å². The Labute approximate surface area is 122 Å². The highest BCUT2D eigenvalue weighted by atomic mass is 16.5. The predicted molar refractivity (Wildman–Crippen MR) is 80.2 cm³/mol. The number of hydrogen-bond donors (Lipinski definition) is 2. The van der Waals surface area contributed by atoms with Gasteiger partial charge in [-0.1, -0.05) is 23.4 Å². The number of nitrogens with one attached hydrogen (secondary N) is 2. The molecule has 0 aliphatic rings. The average molecular weight is 283 g/mol. The lowest BCUT2D eigenvalue weighted by Gasteiger charge is -2.13. The number of nitrogens with zero attached hydrogens (tertiary/aromatic N) is 1. The number of para-hydroxylation sites is 1. The third-order valence-electron chi connectivity index (χ3n) is 3.70. The van der Waals surface area contributed by atoms with Crippen LogP contribution < -0.4 is 5.32 Å². The Hall–Kier alpha value is -2.56. The molecule has 5 heteroatoms. The molecule has 0 aliphatic heterocycles. The fourth-order valence-electron chi connectivity index (χ4n) is 2.71. The van der Waals surface area contributed by atoms with Gasteiger partial charge in [-0.2, -0.15) is 0 Å². The fourth-order valence-corrected chi connectivity index (χ4v) is 2.71. The third-order valence-corrected chi connectivity index (χ3v) is 3.70. The van der Waals surface area contributed by atoms with Crippen LogP contribution in [0, 0.1) is 13.8 Å². The summed E-state index contributed by atoms with van der Waals surface area (Å²) in [6.07, 6.45) is 1.74.